The molecule has 2 aromatic rings. The number of rotatable bonds is 6. The molecule has 4 nitrogen and oxygen atoms in total. The van der Waals surface area contributed by atoms with Crippen molar-refractivity contribution in [3.05, 3.63) is 59.7 Å². The highest BCUT2D eigenvalue weighted by Gasteiger charge is 2.05. The number of methoxy groups -OCH3 is 1. The molecule has 0 aromatic heterocycles. The summed E-state index contributed by atoms with van der Waals surface area (Å²) in [4.78, 5) is 12.0. The first-order valence-electron chi connectivity index (χ1n) is 6.90. The summed E-state index contributed by atoms with van der Waals surface area (Å²) in [5.41, 5.74) is 9.41. The molecule has 0 heterocycles. The van der Waals surface area contributed by atoms with Gasteiger partial charge < -0.3 is 15.8 Å². The number of hydrogen-bond acceptors (Lipinski definition) is 3. The Morgan fingerprint density at radius 1 is 1.19 bits per heavy atom. The first-order valence-corrected chi connectivity index (χ1v) is 6.90. The highest BCUT2D eigenvalue weighted by atomic mass is 16.5. The van der Waals surface area contributed by atoms with Gasteiger partial charge in [0.1, 0.15) is 0 Å². The molecule has 4 heteroatoms. The Kier molecular flexibility index (Phi) is 5.35. The summed E-state index contributed by atoms with van der Waals surface area (Å²) in [7, 11) is 1.65. The second-order valence-corrected chi connectivity index (χ2v) is 4.88. The molecule has 0 aliphatic rings. The zero-order valence-electron chi connectivity index (χ0n) is 12.1. The Morgan fingerprint density at radius 3 is 2.76 bits per heavy atom. The van der Waals surface area contributed by atoms with Crippen LogP contribution in [0.25, 0.3) is 0 Å². The van der Waals surface area contributed by atoms with Crippen LogP contribution in [0.5, 0.6) is 0 Å². The minimum Gasteiger partial charge on any atom is -0.399 e. The lowest BCUT2D eigenvalue weighted by Gasteiger charge is -2.08. The zero-order valence-corrected chi connectivity index (χ0v) is 12.1. The van der Waals surface area contributed by atoms with E-state index in [9.17, 15) is 4.79 Å². The molecular formula is C17H20N2O2. The maximum absolute atomic E-state index is 12.0. The Labute approximate surface area is 124 Å². The van der Waals surface area contributed by atoms with Crippen LogP contribution in [0, 0.1) is 0 Å². The fraction of sp³-hybridized carbons (Fsp3) is 0.235. The van der Waals surface area contributed by atoms with Crippen molar-refractivity contribution in [3.63, 3.8) is 0 Å². The molecule has 21 heavy (non-hydrogen) atoms. The molecule has 110 valence electrons. The number of nitrogens with one attached hydrogen (secondary N) is 1. The van der Waals surface area contributed by atoms with E-state index in [0.29, 0.717) is 19.4 Å². The lowest BCUT2D eigenvalue weighted by Crippen LogP contribution is -2.13. The molecule has 3 N–H and O–H groups in total. The van der Waals surface area contributed by atoms with Gasteiger partial charge in [-0.1, -0.05) is 30.3 Å². The second-order valence-electron chi connectivity index (χ2n) is 4.88. The average molecular weight is 284 g/mol. The van der Waals surface area contributed by atoms with Gasteiger partial charge in [-0.2, -0.15) is 0 Å². The number of benzene rings is 2. The van der Waals surface area contributed by atoms with Crippen molar-refractivity contribution in [2.24, 2.45) is 0 Å². The van der Waals surface area contributed by atoms with Gasteiger partial charge in [0.15, 0.2) is 0 Å². The molecular weight excluding hydrogens is 264 g/mol. The van der Waals surface area contributed by atoms with E-state index in [2.05, 4.69) is 5.32 Å². The van der Waals surface area contributed by atoms with Crippen LogP contribution in [-0.2, 0) is 22.6 Å². The number of aryl methyl sites for hydroxylation is 1. The molecule has 0 saturated heterocycles. The van der Waals surface area contributed by atoms with Crippen LogP contribution in [0.1, 0.15) is 17.5 Å². The third kappa shape index (κ3) is 4.61. The van der Waals surface area contributed by atoms with Gasteiger partial charge in [-0.15, -0.1) is 0 Å². The number of anilines is 2. The third-order valence-electron chi connectivity index (χ3n) is 3.20. The number of carbonyl (C=O) groups excluding carboxylic acids is 1. The second kappa shape index (κ2) is 7.45. The van der Waals surface area contributed by atoms with E-state index in [1.54, 1.807) is 7.11 Å². The molecule has 0 unspecified atom stereocenters. The van der Waals surface area contributed by atoms with Crippen LogP contribution in [0.2, 0.25) is 0 Å². The molecule has 1 amide bonds. The number of nitrogen functional groups attached to an aromatic ring is 1. The van der Waals surface area contributed by atoms with Crippen molar-refractivity contribution in [2.75, 3.05) is 18.2 Å². The van der Waals surface area contributed by atoms with Gasteiger partial charge in [0.2, 0.25) is 5.91 Å². The number of ether oxygens (including phenoxy) is 1. The van der Waals surface area contributed by atoms with Gasteiger partial charge in [-0.3, -0.25) is 4.79 Å². The zero-order chi connectivity index (χ0) is 15.1. The lowest BCUT2D eigenvalue weighted by molar-refractivity contribution is -0.116. The molecule has 0 bridgehead atoms. The maximum Gasteiger partial charge on any atom is 0.224 e. The van der Waals surface area contributed by atoms with Crippen molar-refractivity contribution in [1.29, 1.82) is 0 Å². The van der Waals surface area contributed by atoms with Crippen LogP contribution in [0.3, 0.4) is 0 Å². The van der Waals surface area contributed by atoms with Gasteiger partial charge in [-0.05, 0) is 35.7 Å². The van der Waals surface area contributed by atoms with Crippen molar-refractivity contribution in [2.45, 2.75) is 19.4 Å². The molecule has 0 saturated carbocycles. The molecule has 0 aliphatic heterocycles. The number of amides is 1. The van der Waals surface area contributed by atoms with Crippen LogP contribution >= 0.6 is 0 Å². The van der Waals surface area contributed by atoms with Crippen LogP contribution in [0.15, 0.2) is 48.5 Å². The van der Waals surface area contributed by atoms with Gasteiger partial charge >= 0.3 is 0 Å². The summed E-state index contributed by atoms with van der Waals surface area (Å²) in [6, 6.07) is 15.3. The highest BCUT2D eigenvalue weighted by Crippen LogP contribution is 2.15. The van der Waals surface area contributed by atoms with Gasteiger partial charge in [-0.25, -0.2) is 0 Å². The Balaban J connectivity index is 1.90. The quantitative estimate of drug-likeness (QED) is 0.801. The summed E-state index contributed by atoms with van der Waals surface area (Å²) in [5, 5.41) is 2.90. The highest BCUT2D eigenvalue weighted by molar-refractivity contribution is 5.91. The summed E-state index contributed by atoms with van der Waals surface area (Å²) >= 11 is 0. The van der Waals surface area contributed by atoms with E-state index in [1.807, 2.05) is 48.5 Å². The van der Waals surface area contributed by atoms with E-state index in [-0.39, 0.29) is 5.91 Å². The minimum absolute atomic E-state index is 0.0205. The van der Waals surface area contributed by atoms with Crippen LogP contribution in [0.4, 0.5) is 11.4 Å². The first kappa shape index (κ1) is 15.1. The Morgan fingerprint density at radius 2 is 2.00 bits per heavy atom. The lowest BCUT2D eigenvalue weighted by atomic mass is 10.1. The third-order valence-corrected chi connectivity index (χ3v) is 3.20. The number of nitrogens with two attached hydrogens (primary N) is 1. The standard InChI is InChI=1S/C17H20N2O2/c1-21-12-13-5-4-7-15(11-13)19-17(20)10-9-14-6-2-3-8-16(14)18/h2-8,11H,9-10,12,18H2,1H3,(H,19,20). The number of carbonyl (C=O) groups is 1. The Hall–Kier alpha value is -2.33. The molecule has 2 rings (SSSR count). The molecule has 2 aromatic carbocycles. The van der Waals surface area contributed by atoms with Crippen molar-refractivity contribution in [1.82, 2.24) is 0 Å². The Bertz CT molecular complexity index is 611. The number of para-hydroxylation sites is 1. The SMILES string of the molecule is COCc1cccc(NC(=O)CCc2ccccc2N)c1. The van der Waals surface area contributed by atoms with Gasteiger partial charge in [0.05, 0.1) is 6.61 Å². The van der Waals surface area contributed by atoms with Gasteiger partial charge in [0, 0.05) is 24.9 Å². The van der Waals surface area contributed by atoms with E-state index in [4.69, 9.17) is 10.5 Å². The summed E-state index contributed by atoms with van der Waals surface area (Å²) < 4.78 is 5.08. The van der Waals surface area contributed by atoms with Crippen molar-refractivity contribution >= 4 is 17.3 Å². The summed E-state index contributed by atoms with van der Waals surface area (Å²) in [6.07, 6.45) is 1.04. The molecule has 0 spiro atoms. The van der Waals surface area contributed by atoms with E-state index in [0.717, 1.165) is 22.5 Å². The maximum atomic E-state index is 12.0. The number of hydrogen-bond donors (Lipinski definition) is 2. The molecule has 0 fully saturated rings. The monoisotopic (exact) mass is 284 g/mol. The first-order chi connectivity index (χ1) is 10.2. The fourth-order valence-corrected chi connectivity index (χ4v) is 2.14. The fourth-order valence-electron chi connectivity index (χ4n) is 2.14. The summed E-state index contributed by atoms with van der Waals surface area (Å²) in [5.74, 6) is -0.0205. The smallest absolute Gasteiger partial charge is 0.224 e. The minimum atomic E-state index is -0.0205. The van der Waals surface area contributed by atoms with E-state index >= 15 is 0 Å². The largest absolute Gasteiger partial charge is 0.399 e. The normalized spacial score (nSPS) is 10.3. The van der Waals surface area contributed by atoms with Crippen molar-refractivity contribution < 1.29 is 9.53 Å². The van der Waals surface area contributed by atoms with E-state index in [1.165, 1.54) is 0 Å². The topological polar surface area (TPSA) is 64.3 Å². The van der Waals surface area contributed by atoms with Crippen molar-refractivity contribution in [3.8, 4) is 0 Å². The van der Waals surface area contributed by atoms with E-state index < -0.39 is 0 Å². The van der Waals surface area contributed by atoms with Crippen LogP contribution < -0.4 is 11.1 Å². The summed E-state index contributed by atoms with van der Waals surface area (Å²) in [6.45, 7) is 0.532. The molecule has 0 aliphatic carbocycles. The van der Waals surface area contributed by atoms with Gasteiger partial charge in [0.25, 0.3) is 0 Å². The molecule has 0 radical (unpaired) electrons. The average Bonchev–Trinajstić information content (AvgIpc) is 2.47. The van der Waals surface area contributed by atoms with Crippen LogP contribution in [-0.4, -0.2) is 13.0 Å². The predicted octanol–water partition coefficient (Wildman–Crippen LogP) is 2.99. The predicted molar refractivity (Wildman–Crippen MR) is 85.0 cm³/mol. The molecule has 0 atom stereocenters.